The van der Waals surface area contributed by atoms with E-state index in [0.717, 1.165) is 22.1 Å². The van der Waals surface area contributed by atoms with Gasteiger partial charge in [-0.15, -0.1) is 0 Å². The summed E-state index contributed by atoms with van der Waals surface area (Å²) in [5.74, 6) is 5.26. The fourth-order valence-corrected chi connectivity index (χ4v) is 3.93. The number of anilines is 1. The third-order valence-electron chi connectivity index (χ3n) is 5.64. The number of fused-ring (bicyclic) bond motifs is 1. The summed E-state index contributed by atoms with van der Waals surface area (Å²) in [5.41, 5.74) is 3.96. The monoisotopic (exact) mass is 436 g/mol. The van der Waals surface area contributed by atoms with Gasteiger partial charge in [-0.25, -0.2) is 4.79 Å². The molecule has 0 radical (unpaired) electrons. The van der Waals surface area contributed by atoms with E-state index in [4.69, 9.17) is 0 Å². The molecule has 5 nitrogen and oxygen atoms in total. The molecule has 1 aromatic heterocycles. The number of aryl methyl sites for hydroxylation is 1. The van der Waals surface area contributed by atoms with E-state index in [2.05, 4.69) is 17.2 Å². The lowest BCUT2D eigenvalue weighted by Crippen LogP contribution is -2.20. The van der Waals surface area contributed by atoms with E-state index >= 15 is 0 Å². The van der Waals surface area contributed by atoms with Crippen LogP contribution in [0.2, 0.25) is 0 Å². The number of carboxylic acids is 1. The minimum Gasteiger partial charge on any atom is -0.478 e. The zero-order valence-electron chi connectivity index (χ0n) is 18.7. The van der Waals surface area contributed by atoms with Crippen molar-refractivity contribution in [2.24, 2.45) is 7.05 Å². The van der Waals surface area contributed by atoms with Crippen molar-refractivity contribution in [2.75, 3.05) is 5.32 Å². The molecule has 5 heteroatoms. The maximum atomic E-state index is 13.2. The normalized spacial score (nSPS) is 11.5. The first-order valence-electron chi connectivity index (χ1n) is 10.7. The van der Waals surface area contributed by atoms with E-state index in [1.54, 1.807) is 35.9 Å². The second-order valence-corrected chi connectivity index (χ2v) is 8.04. The highest BCUT2D eigenvalue weighted by molar-refractivity contribution is 5.94. The van der Waals surface area contributed by atoms with Gasteiger partial charge < -0.3 is 15.0 Å². The van der Waals surface area contributed by atoms with Crippen molar-refractivity contribution in [3.05, 3.63) is 111 Å². The molecule has 0 aliphatic heterocycles. The first-order valence-corrected chi connectivity index (χ1v) is 10.7. The second kappa shape index (κ2) is 9.05. The average Bonchev–Trinajstić information content (AvgIpc) is 2.81. The van der Waals surface area contributed by atoms with Crippen LogP contribution in [0.3, 0.4) is 0 Å². The van der Waals surface area contributed by atoms with Crippen LogP contribution in [0.15, 0.2) is 77.6 Å². The Morgan fingerprint density at radius 1 is 0.970 bits per heavy atom. The van der Waals surface area contributed by atoms with Crippen LogP contribution in [0.5, 0.6) is 0 Å². The van der Waals surface area contributed by atoms with E-state index in [9.17, 15) is 14.7 Å². The van der Waals surface area contributed by atoms with Crippen molar-refractivity contribution in [1.82, 2.24) is 4.57 Å². The minimum atomic E-state index is -0.994. The second-order valence-electron chi connectivity index (χ2n) is 8.04. The zero-order valence-corrected chi connectivity index (χ0v) is 18.7. The summed E-state index contributed by atoms with van der Waals surface area (Å²) in [6.45, 7) is 3.91. The highest BCUT2D eigenvalue weighted by Gasteiger charge is 2.17. The van der Waals surface area contributed by atoms with E-state index in [0.29, 0.717) is 16.8 Å². The number of hydrogen-bond acceptors (Lipinski definition) is 3. The van der Waals surface area contributed by atoms with Crippen LogP contribution in [0.4, 0.5) is 5.69 Å². The summed E-state index contributed by atoms with van der Waals surface area (Å²) in [4.78, 5) is 24.8. The number of rotatable bonds is 4. The molecule has 2 N–H and O–H groups in total. The zero-order chi connectivity index (χ0) is 23.5. The molecular weight excluding hydrogens is 412 g/mol. The number of benzene rings is 3. The van der Waals surface area contributed by atoms with Gasteiger partial charge in [0.25, 0.3) is 5.56 Å². The summed E-state index contributed by atoms with van der Waals surface area (Å²) in [7, 11) is 1.73. The number of aromatic carboxylic acids is 1. The molecule has 164 valence electrons. The van der Waals surface area contributed by atoms with Gasteiger partial charge in [0.15, 0.2) is 0 Å². The molecule has 1 unspecified atom stereocenters. The molecule has 4 aromatic rings. The summed E-state index contributed by atoms with van der Waals surface area (Å²) >= 11 is 0. The van der Waals surface area contributed by atoms with Crippen molar-refractivity contribution >= 4 is 22.4 Å². The van der Waals surface area contributed by atoms with Crippen LogP contribution >= 0.6 is 0 Å². The largest absolute Gasteiger partial charge is 0.478 e. The number of carboxylic acid groups (broad SMARTS) is 1. The first-order chi connectivity index (χ1) is 15.8. The van der Waals surface area contributed by atoms with Crippen molar-refractivity contribution < 1.29 is 9.90 Å². The molecule has 0 aliphatic carbocycles. The standard InChI is InChI=1S/C28H24N2O3/c1-18-15-23(19(2)29-26-12-8-7-11-22(26)28(32)33)24-17-21(30(3)27(31)25(24)16-18)14-13-20-9-5-4-6-10-20/h4-12,15-17,19,29H,1-3H3,(H,32,33). The van der Waals surface area contributed by atoms with Gasteiger partial charge in [0.1, 0.15) is 0 Å². The van der Waals surface area contributed by atoms with Crippen LogP contribution in [-0.2, 0) is 7.05 Å². The Bertz CT molecular complexity index is 1470. The summed E-state index contributed by atoms with van der Waals surface area (Å²) in [6.07, 6.45) is 0. The molecule has 0 spiro atoms. The Hall–Kier alpha value is -4.30. The molecular formula is C28H24N2O3. The molecule has 0 fully saturated rings. The Labute approximate surface area is 192 Å². The highest BCUT2D eigenvalue weighted by atomic mass is 16.4. The van der Waals surface area contributed by atoms with Gasteiger partial charge in [-0.1, -0.05) is 42.3 Å². The number of pyridine rings is 1. The molecule has 3 aromatic carbocycles. The lowest BCUT2D eigenvalue weighted by molar-refractivity contribution is 0.0698. The van der Waals surface area contributed by atoms with E-state index < -0.39 is 5.97 Å². The number of hydrogen-bond donors (Lipinski definition) is 2. The van der Waals surface area contributed by atoms with Crippen LogP contribution < -0.4 is 10.9 Å². The molecule has 33 heavy (non-hydrogen) atoms. The molecule has 1 heterocycles. The quantitative estimate of drug-likeness (QED) is 0.436. The van der Waals surface area contributed by atoms with Gasteiger partial charge >= 0.3 is 5.97 Å². The fourth-order valence-electron chi connectivity index (χ4n) is 3.93. The van der Waals surface area contributed by atoms with E-state index in [-0.39, 0.29) is 17.2 Å². The lowest BCUT2D eigenvalue weighted by atomic mass is 9.96. The van der Waals surface area contributed by atoms with Crippen LogP contribution in [0, 0.1) is 18.8 Å². The topological polar surface area (TPSA) is 71.3 Å². The van der Waals surface area contributed by atoms with Gasteiger partial charge in [-0.3, -0.25) is 4.79 Å². The minimum absolute atomic E-state index is 0.118. The van der Waals surface area contributed by atoms with Gasteiger partial charge in [0.05, 0.1) is 11.3 Å². The predicted molar refractivity (Wildman–Crippen MR) is 132 cm³/mol. The summed E-state index contributed by atoms with van der Waals surface area (Å²) in [5, 5.41) is 14.2. The van der Waals surface area contributed by atoms with Crippen molar-refractivity contribution in [3.63, 3.8) is 0 Å². The van der Waals surface area contributed by atoms with Gasteiger partial charge in [0.2, 0.25) is 0 Å². The first kappa shape index (κ1) is 21.9. The average molecular weight is 437 g/mol. The van der Waals surface area contributed by atoms with Crippen LogP contribution in [0.1, 0.15) is 45.7 Å². The van der Waals surface area contributed by atoms with Crippen molar-refractivity contribution in [3.8, 4) is 11.8 Å². The van der Waals surface area contributed by atoms with Crippen molar-refractivity contribution in [1.29, 1.82) is 0 Å². The third-order valence-corrected chi connectivity index (χ3v) is 5.64. The Kier molecular flexibility index (Phi) is 6.01. The summed E-state index contributed by atoms with van der Waals surface area (Å²) in [6, 6.07) is 22.0. The Morgan fingerprint density at radius 3 is 2.39 bits per heavy atom. The Morgan fingerprint density at radius 2 is 1.67 bits per heavy atom. The number of nitrogens with zero attached hydrogens (tertiary/aromatic N) is 1. The van der Waals surface area contributed by atoms with Gasteiger partial charge in [-0.2, -0.15) is 0 Å². The van der Waals surface area contributed by atoms with Crippen LogP contribution in [-0.4, -0.2) is 15.6 Å². The maximum Gasteiger partial charge on any atom is 0.337 e. The van der Waals surface area contributed by atoms with Crippen molar-refractivity contribution in [2.45, 2.75) is 19.9 Å². The molecule has 0 saturated carbocycles. The Balaban J connectivity index is 1.84. The van der Waals surface area contributed by atoms with E-state index in [1.165, 1.54) is 0 Å². The molecule has 4 rings (SSSR count). The molecule has 1 atom stereocenters. The van der Waals surface area contributed by atoms with Crippen LogP contribution in [0.25, 0.3) is 10.8 Å². The lowest BCUT2D eigenvalue weighted by Gasteiger charge is -2.20. The number of nitrogens with one attached hydrogen (secondary N) is 1. The van der Waals surface area contributed by atoms with Gasteiger partial charge in [0, 0.05) is 29.7 Å². The highest BCUT2D eigenvalue weighted by Crippen LogP contribution is 2.29. The molecule has 0 aliphatic rings. The SMILES string of the molecule is Cc1cc(C(C)Nc2ccccc2C(=O)O)c2cc(C#Cc3ccccc3)n(C)c(=O)c2c1. The molecule has 0 saturated heterocycles. The van der Waals surface area contributed by atoms with Gasteiger partial charge in [-0.05, 0) is 72.7 Å². The summed E-state index contributed by atoms with van der Waals surface area (Å²) < 4.78 is 1.57. The third kappa shape index (κ3) is 4.51. The smallest absolute Gasteiger partial charge is 0.337 e. The maximum absolute atomic E-state index is 13.2. The fraction of sp³-hybridized carbons (Fsp3) is 0.143. The van der Waals surface area contributed by atoms with E-state index in [1.807, 2.05) is 62.4 Å². The molecule has 0 bridgehead atoms. The number of para-hydroxylation sites is 1. The molecule has 0 amide bonds. The number of carbonyl (C=O) groups is 1. The predicted octanol–water partition coefficient (Wildman–Crippen LogP) is 5.12. The number of aromatic nitrogens is 1.